The first-order valence-electron chi connectivity index (χ1n) is 8.13. The van der Waals surface area contributed by atoms with Crippen LogP contribution in [0.4, 0.5) is 0 Å². The van der Waals surface area contributed by atoms with Gasteiger partial charge in [-0.1, -0.05) is 13.3 Å². The van der Waals surface area contributed by atoms with Gasteiger partial charge in [-0.2, -0.15) is 0 Å². The number of aromatic hydroxyl groups is 1. The summed E-state index contributed by atoms with van der Waals surface area (Å²) in [7, 11) is 0. The molecule has 1 aromatic heterocycles. The van der Waals surface area contributed by atoms with Crippen LogP contribution in [0.3, 0.4) is 0 Å². The number of carbonyl (C=O) groups is 2. The summed E-state index contributed by atoms with van der Waals surface area (Å²) in [5.74, 6) is -0.654. The Labute approximate surface area is 144 Å². The van der Waals surface area contributed by atoms with Crippen molar-refractivity contribution in [1.29, 1.82) is 0 Å². The first kappa shape index (κ1) is 16.8. The van der Waals surface area contributed by atoms with Gasteiger partial charge >= 0.3 is 5.97 Å². The highest BCUT2D eigenvalue weighted by Crippen LogP contribution is 2.30. The van der Waals surface area contributed by atoms with E-state index in [1.807, 2.05) is 6.92 Å². The number of carboxylic acids is 1. The summed E-state index contributed by atoms with van der Waals surface area (Å²) in [5.41, 5.74) is 1.42. The van der Waals surface area contributed by atoms with Crippen molar-refractivity contribution in [2.75, 3.05) is 0 Å². The number of fused-ring (bicyclic) bond motifs is 1. The number of benzene rings is 2. The van der Waals surface area contributed by atoms with E-state index in [1.54, 1.807) is 18.2 Å². The van der Waals surface area contributed by atoms with E-state index in [0.717, 1.165) is 12.8 Å². The second kappa shape index (κ2) is 6.81. The monoisotopic (exact) mass is 338 g/mol. The van der Waals surface area contributed by atoms with E-state index in [4.69, 9.17) is 4.42 Å². The molecule has 5 heteroatoms. The summed E-state index contributed by atoms with van der Waals surface area (Å²) in [4.78, 5) is 24.3. The van der Waals surface area contributed by atoms with Crippen LogP contribution < -0.4 is 0 Å². The Morgan fingerprint density at radius 2 is 1.72 bits per heavy atom. The molecule has 0 amide bonds. The van der Waals surface area contributed by atoms with Crippen molar-refractivity contribution in [3.63, 3.8) is 0 Å². The van der Waals surface area contributed by atoms with Gasteiger partial charge < -0.3 is 14.6 Å². The zero-order chi connectivity index (χ0) is 18.0. The van der Waals surface area contributed by atoms with Crippen LogP contribution in [0.25, 0.3) is 11.0 Å². The number of aryl methyl sites for hydroxylation is 1. The molecule has 0 saturated heterocycles. The molecular formula is C20H18O5. The third-order valence-electron chi connectivity index (χ3n) is 4.12. The molecule has 25 heavy (non-hydrogen) atoms. The molecule has 3 rings (SSSR count). The Bertz CT molecular complexity index is 935. The number of unbranched alkanes of at least 4 members (excludes halogenated alkanes) is 1. The van der Waals surface area contributed by atoms with Crippen LogP contribution >= 0.6 is 0 Å². The van der Waals surface area contributed by atoms with Crippen molar-refractivity contribution in [3.8, 4) is 5.75 Å². The van der Waals surface area contributed by atoms with Crippen molar-refractivity contribution in [3.05, 3.63) is 64.9 Å². The van der Waals surface area contributed by atoms with Crippen LogP contribution in [-0.4, -0.2) is 22.0 Å². The maximum atomic E-state index is 13.0. The molecule has 1 heterocycles. The van der Waals surface area contributed by atoms with Crippen molar-refractivity contribution < 1.29 is 24.2 Å². The Balaban J connectivity index is 2.17. The topological polar surface area (TPSA) is 87.7 Å². The van der Waals surface area contributed by atoms with Crippen LogP contribution in [0.15, 0.2) is 46.9 Å². The summed E-state index contributed by atoms with van der Waals surface area (Å²) in [6.45, 7) is 2.05. The summed E-state index contributed by atoms with van der Waals surface area (Å²) in [5, 5.41) is 19.1. The quantitative estimate of drug-likeness (QED) is 0.650. The predicted molar refractivity (Wildman–Crippen MR) is 93.3 cm³/mol. The molecule has 0 aliphatic rings. The highest BCUT2D eigenvalue weighted by molar-refractivity contribution is 6.17. The lowest BCUT2D eigenvalue weighted by Crippen LogP contribution is -2.04. The average molecular weight is 338 g/mol. The van der Waals surface area contributed by atoms with E-state index >= 15 is 0 Å². The van der Waals surface area contributed by atoms with Crippen LogP contribution in [0.1, 0.15) is 51.8 Å². The van der Waals surface area contributed by atoms with Gasteiger partial charge in [-0.25, -0.2) is 4.79 Å². The number of phenols is 1. The van der Waals surface area contributed by atoms with E-state index < -0.39 is 5.97 Å². The van der Waals surface area contributed by atoms with Crippen LogP contribution in [-0.2, 0) is 6.42 Å². The molecule has 2 N–H and O–H groups in total. The van der Waals surface area contributed by atoms with Gasteiger partial charge in [0, 0.05) is 17.4 Å². The third kappa shape index (κ3) is 3.26. The third-order valence-corrected chi connectivity index (χ3v) is 4.12. The number of aromatic carboxylic acids is 1. The molecule has 0 spiro atoms. The van der Waals surface area contributed by atoms with Gasteiger partial charge in [-0.05, 0) is 48.9 Å². The fraction of sp³-hybridized carbons (Fsp3) is 0.200. The van der Waals surface area contributed by atoms with Gasteiger partial charge in [0.05, 0.1) is 11.1 Å². The highest BCUT2D eigenvalue weighted by atomic mass is 16.4. The first-order chi connectivity index (χ1) is 12.0. The van der Waals surface area contributed by atoms with Gasteiger partial charge in [-0.3, -0.25) is 4.79 Å². The van der Waals surface area contributed by atoms with E-state index in [2.05, 4.69) is 0 Å². The lowest BCUT2D eigenvalue weighted by Gasteiger charge is -2.03. The number of ketones is 1. The number of hydrogen-bond acceptors (Lipinski definition) is 4. The number of rotatable bonds is 6. The minimum absolute atomic E-state index is 0.0768. The normalized spacial score (nSPS) is 10.9. The number of carboxylic acid groups (broad SMARTS) is 1. The number of carbonyl (C=O) groups excluding carboxylic acids is 1. The van der Waals surface area contributed by atoms with Crippen LogP contribution in [0.5, 0.6) is 5.75 Å². The summed E-state index contributed by atoms with van der Waals surface area (Å²) in [6, 6.07) is 10.5. The van der Waals surface area contributed by atoms with Gasteiger partial charge in [0.2, 0.25) is 0 Å². The molecule has 0 atom stereocenters. The Hall–Kier alpha value is -3.08. The lowest BCUT2D eigenvalue weighted by molar-refractivity contribution is 0.0696. The minimum Gasteiger partial charge on any atom is -0.508 e. The smallest absolute Gasteiger partial charge is 0.335 e. The lowest BCUT2D eigenvalue weighted by atomic mass is 9.97. The van der Waals surface area contributed by atoms with Crippen LogP contribution in [0.2, 0.25) is 0 Å². The highest BCUT2D eigenvalue weighted by Gasteiger charge is 2.22. The molecule has 5 nitrogen and oxygen atoms in total. The van der Waals surface area contributed by atoms with Crippen molar-refractivity contribution in [2.24, 2.45) is 0 Å². The molecule has 128 valence electrons. The second-order valence-corrected chi connectivity index (χ2v) is 5.90. The van der Waals surface area contributed by atoms with Crippen molar-refractivity contribution in [2.45, 2.75) is 26.2 Å². The van der Waals surface area contributed by atoms with Crippen molar-refractivity contribution in [1.82, 2.24) is 0 Å². The van der Waals surface area contributed by atoms with Gasteiger partial charge in [-0.15, -0.1) is 0 Å². The van der Waals surface area contributed by atoms with Gasteiger partial charge in [0.15, 0.2) is 5.78 Å². The van der Waals surface area contributed by atoms with E-state index in [1.165, 1.54) is 24.3 Å². The summed E-state index contributed by atoms with van der Waals surface area (Å²) >= 11 is 0. The molecular weight excluding hydrogens is 320 g/mol. The molecule has 0 fully saturated rings. The average Bonchev–Trinajstić information content (AvgIpc) is 2.97. The maximum Gasteiger partial charge on any atom is 0.335 e. The number of furan rings is 1. The number of phenolic OH excluding ortho intramolecular Hbond substituents is 1. The maximum absolute atomic E-state index is 13.0. The molecule has 0 bridgehead atoms. The van der Waals surface area contributed by atoms with E-state index in [9.17, 15) is 19.8 Å². The van der Waals surface area contributed by atoms with Gasteiger partial charge in [0.1, 0.15) is 17.1 Å². The first-order valence-corrected chi connectivity index (χ1v) is 8.13. The summed E-state index contributed by atoms with van der Waals surface area (Å²) in [6.07, 6.45) is 2.42. The van der Waals surface area contributed by atoms with Crippen molar-refractivity contribution >= 4 is 22.7 Å². The molecule has 0 aliphatic heterocycles. The fourth-order valence-electron chi connectivity index (χ4n) is 2.80. The Kier molecular flexibility index (Phi) is 4.57. The molecule has 0 unspecified atom stereocenters. The zero-order valence-corrected chi connectivity index (χ0v) is 13.8. The standard InChI is InChI=1S/C20H18O5/c1-2-3-4-17-18(19(22)12-5-8-14(21)9-6-12)15-11-13(20(23)24)7-10-16(15)25-17/h5-11,21H,2-4H2,1H3,(H,23,24). The predicted octanol–water partition coefficient (Wildman–Crippen LogP) is 4.41. The molecule has 0 aliphatic carbocycles. The van der Waals surface area contributed by atoms with E-state index in [-0.39, 0.29) is 17.1 Å². The summed E-state index contributed by atoms with van der Waals surface area (Å²) < 4.78 is 5.84. The zero-order valence-electron chi connectivity index (χ0n) is 13.8. The largest absolute Gasteiger partial charge is 0.508 e. The fourth-order valence-corrected chi connectivity index (χ4v) is 2.80. The second-order valence-electron chi connectivity index (χ2n) is 5.90. The molecule has 0 radical (unpaired) electrons. The number of hydrogen-bond donors (Lipinski definition) is 2. The Morgan fingerprint density at radius 1 is 1.04 bits per heavy atom. The SMILES string of the molecule is CCCCc1oc2ccc(C(=O)O)cc2c1C(=O)c1ccc(O)cc1. The molecule has 0 saturated carbocycles. The van der Waals surface area contributed by atoms with E-state index in [0.29, 0.717) is 34.3 Å². The molecule has 2 aromatic carbocycles. The Morgan fingerprint density at radius 3 is 2.36 bits per heavy atom. The van der Waals surface area contributed by atoms with Gasteiger partial charge in [0.25, 0.3) is 0 Å². The molecule has 3 aromatic rings. The van der Waals surface area contributed by atoms with Crippen LogP contribution in [0, 0.1) is 0 Å². The minimum atomic E-state index is -1.05.